The molecule has 4 rings (SSSR count). The van der Waals surface area contributed by atoms with Gasteiger partial charge >= 0.3 is 0 Å². The number of likely N-dealkylation sites (tertiary alicyclic amines) is 1. The number of hydrogen-bond donors (Lipinski definition) is 1. The summed E-state index contributed by atoms with van der Waals surface area (Å²) in [5, 5.41) is 11.0. The molecule has 1 aromatic heterocycles. The number of carbonyl (C=O) groups is 2. The smallest absolute Gasteiger partial charge is 0.296 e. The average Bonchev–Trinajstić information content (AvgIpc) is 3.37. The van der Waals surface area contributed by atoms with Crippen molar-refractivity contribution >= 4 is 17.4 Å². The maximum Gasteiger partial charge on any atom is 0.296 e. The lowest BCUT2D eigenvalue weighted by molar-refractivity contribution is -0.140. The molecule has 1 aliphatic heterocycles. The van der Waals surface area contributed by atoms with Crippen LogP contribution in [0, 0.1) is 5.82 Å². The van der Waals surface area contributed by atoms with Gasteiger partial charge in [0.2, 0.25) is 0 Å². The molecule has 1 aliphatic rings. The second-order valence-electron chi connectivity index (χ2n) is 7.02. The van der Waals surface area contributed by atoms with Gasteiger partial charge in [-0.1, -0.05) is 12.1 Å². The van der Waals surface area contributed by atoms with E-state index in [1.807, 2.05) is 6.92 Å². The predicted molar refractivity (Wildman–Crippen MR) is 111 cm³/mol. The van der Waals surface area contributed by atoms with Crippen LogP contribution in [0.5, 0.6) is 5.75 Å². The summed E-state index contributed by atoms with van der Waals surface area (Å²) in [4.78, 5) is 27.1. The molecular formula is C24H20FNO5. The normalized spacial score (nSPS) is 17.9. The second-order valence-corrected chi connectivity index (χ2v) is 7.02. The molecule has 0 radical (unpaired) electrons. The van der Waals surface area contributed by atoms with Crippen molar-refractivity contribution in [3.63, 3.8) is 0 Å². The van der Waals surface area contributed by atoms with E-state index in [9.17, 15) is 19.1 Å². The van der Waals surface area contributed by atoms with Gasteiger partial charge in [0.25, 0.3) is 11.7 Å². The summed E-state index contributed by atoms with van der Waals surface area (Å²) in [6.07, 6.45) is 1.47. The van der Waals surface area contributed by atoms with Crippen LogP contribution >= 0.6 is 0 Å². The third-order valence-corrected chi connectivity index (χ3v) is 5.07. The molecule has 1 fully saturated rings. The number of aliphatic hydroxyl groups is 1. The van der Waals surface area contributed by atoms with E-state index in [1.165, 1.54) is 35.4 Å². The maximum atomic E-state index is 13.5. The minimum absolute atomic E-state index is 0.0275. The Bertz CT molecular complexity index is 1120. The van der Waals surface area contributed by atoms with Crippen LogP contribution in [0.2, 0.25) is 0 Å². The first-order valence-corrected chi connectivity index (χ1v) is 9.79. The highest BCUT2D eigenvalue weighted by atomic mass is 19.1. The molecule has 0 spiro atoms. The van der Waals surface area contributed by atoms with E-state index >= 15 is 0 Å². The zero-order valence-electron chi connectivity index (χ0n) is 16.7. The number of nitrogens with zero attached hydrogens (tertiary/aromatic N) is 1. The molecule has 1 atom stereocenters. The van der Waals surface area contributed by atoms with E-state index in [0.29, 0.717) is 29.2 Å². The molecule has 0 saturated carbocycles. The summed E-state index contributed by atoms with van der Waals surface area (Å²) in [5.74, 6) is -1.23. The van der Waals surface area contributed by atoms with Gasteiger partial charge in [0.1, 0.15) is 23.1 Å². The third kappa shape index (κ3) is 3.94. The lowest BCUT2D eigenvalue weighted by Crippen LogP contribution is -2.29. The highest BCUT2D eigenvalue weighted by molar-refractivity contribution is 6.46. The topological polar surface area (TPSA) is 80.0 Å². The number of ether oxygens (including phenoxy) is 1. The molecule has 158 valence electrons. The fraction of sp³-hybridized carbons (Fsp3) is 0.167. The van der Waals surface area contributed by atoms with Crippen LogP contribution in [-0.4, -0.2) is 28.3 Å². The number of furan rings is 1. The number of halogens is 1. The maximum absolute atomic E-state index is 13.5. The Balaban J connectivity index is 1.81. The van der Waals surface area contributed by atoms with Gasteiger partial charge < -0.3 is 19.2 Å². The van der Waals surface area contributed by atoms with Gasteiger partial charge in [0, 0.05) is 5.56 Å². The van der Waals surface area contributed by atoms with E-state index in [4.69, 9.17) is 9.15 Å². The lowest BCUT2D eigenvalue weighted by atomic mass is 9.95. The summed E-state index contributed by atoms with van der Waals surface area (Å²) in [6, 6.07) is 14.5. The number of aliphatic hydroxyl groups excluding tert-OH is 1. The molecule has 2 aromatic carbocycles. The van der Waals surface area contributed by atoms with E-state index in [1.54, 1.807) is 36.4 Å². The van der Waals surface area contributed by atoms with Gasteiger partial charge in [-0.25, -0.2) is 4.39 Å². The van der Waals surface area contributed by atoms with Crippen molar-refractivity contribution in [2.45, 2.75) is 19.5 Å². The van der Waals surface area contributed by atoms with Crippen LogP contribution in [0.1, 0.15) is 29.9 Å². The first kappa shape index (κ1) is 20.4. The summed E-state index contributed by atoms with van der Waals surface area (Å²) in [5.41, 5.74) is 0.804. The van der Waals surface area contributed by atoms with Crippen LogP contribution in [0.15, 0.2) is 76.9 Å². The van der Waals surface area contributed by atoms with E-state index in [-0.39, 0.29) is 17.9 Å². The van der Waals surface area contributed by atoms with Gasteiger partial charge in [0.05, 0.1) is 31.0 Å². The van der Waals surface area contributed by atoms with Crippen molar-refractivity contribution in [2.75, 3.05) is 6.61 Å². The molecular weight excluding hydrogens is 401 g/mol. The van der Waals surface area contributed by atoms with Gasteiger partial charge in [0.15, 0.2) is 0 Å². The number of Topliss-reactive ketones (excluding diaryl/α,β-unsaturated/α-hetero) is 1. The Morgan fingerprint density at radius 1 is 1.10 bits per heavy atom. The molecule has 2 heterocycles. The van der Waals surface area contributed by atoms with Crippen molar-refractivity contribution in [1.29, 1.82) is 0 Å². The second kappa shape index (κ2) is 8.47. The molecule has 7 heteroatoms. The molecule has 6 nitrogen and oxygen atoms in total. The van der Waals surface area contributed by atoms with Gasteiger partial charge in [-0.3, -0.25) is 9.59 Å². The fourth-order valence-corrected chi connectivity index (χ4v) is 3.64. The zero-order valence-corrected chi connectivity index (χ0v) is 16.7. The number of hydrogen-bond acceptors (Lipinski definition) is 5. The van der Waals surface area contributed by atoms with Crippen LogP contribution in [0.3, 0.4) is 0 Å². The number of benzene rings is 2. The fourth-order valence-electron chi connectivity index (χ4n) is 3.64. The molecule has 1 N–H and O–H groups in total. The molecule has 31 heavy (non-hydrogen) atoms. The third-order valence-electron chi connectivity index (χ3n) is 5.07. The van der Waals surface area contributed by atoms with Crippen molar-refractivity contribution in [3.8, 4) is 5.75 Å². The molecule has 1 amide bonds. The van der Waals surface area contributed by atoms with Gasteiger partial charge in [-0.15, -0.1) is 0 Å². The molecule has 0 aliphatic carbocycles. The lowest BCUT2D eigenvalue weighted by Gasteiger charge is -2.24. The molecule has 0 bridgehead atoms. The quantitative estimate of drug-likeness (QED) is 0.362. The van der Waals surface area contributed by atoms with Crippen molar-refractivity contribution in [1.82, 2.24) is 4.90 Å². The zero-order chi connectivity index (χ0) is 22.0. The number of rotatable bonds is 6. The SMILES string of the molecule is CCOc1ccc(C(O)=C2C(=O)C(=O)N(Cc3ccco3)[C@@H]2c2ccc(F)cc2)cc1. The Labute approximate surface area is 178 Å². The van der Waals surface area contributed by atoms with Gasteiger partial charge in [-0.05, 0) is 61.0 Å². The summed E-state index contributed by atoms with van der Waals surface area (Å²) in [7, 11) is 0. The number of amides is 1. The highest BCUT2D eigenvalue weighted by Crippen LogP contribution is 2.40. The van der Waals surface area contributed by atoms with Crippen LogP contribution in [0.4, 0.5) is 4.39 Å². The largest absolute Gasteiger partial charge is 0.507 e. The van der Waals surface area contributed by atoms with Crippen LogP contribution in [-0.2, 0) is 16.1 Å². The standard InChI is InChI=1S/C24H20FNO5/c1-2-30-18-11-7-16(8-12-18)22(27)20-21(15-5-9-17(25)10-6-15)26(24(29)23(20)28)14-19-4-3-13-31-19/h3-13,21,27H,2,14H2,1H3/t21-/m1/s1. The monoisotopic (exact) mass is 421 g/mol. The van der Waals surface area contributed by atoms with Crippen molar-refractivity contribution in [2.24, 2.45) is 0 Å². The number of ketones is 1. The van der Waals surface area contributed by atoms with Crippen molar-refractivity contribution in [3.05, 3.63) is 95.2 Å². The number of carbonyl (C=O) groups excluding carboxylic acids is 2. The Kier molecular flexibility index (Phi) is 5.58. The summed E-state index contributed by atoms with van der Waals surface area (Å²) in [6.45, 7) is 2.38. The van der Waals surface area contributed by atoms with Crippen LogP contribution in [0.25, 0.3) is 5.76 Å². The van der Waals surface area contributed by atoms with Crippen molar-refractivity contribution < 1.29 is 28.2 Å². The van der Waals surface area contributed by atoms with Gasteiger partial charge in [-0.2, -0.15) is 0 Å². The first-order valence-electron chi connectivity index (χ1n) is 9.79. The summed E-state index contributed by atoms with van der Waals surface area (Å²) >= 11 is 0. The van der Waals surface area contributed by atoms with E-state index < -0.39 is 23.5 Å². The molecule has 1 saturated heterocycles. The Morgan fingerprint density at radius 2 is 1.81 bits per heavy atom. The highest BCUT2D eigenvalue weighted by Gasteiger charge is 2.46. The van der Waals surface area contributed by atoms with E-state index in [0.717, 1.165) is 0 Å². The Hall–Kier alpha value is -3.87. The Morgan fingerprint density at radius 3 is 2.42 bits per heavy atom. The predicted octanol–water partition coefficient (Wildman–Crippen LogP) is 4.44. The summed E-state index contributed by atoms with van der Waals surface area (Å²) < 4.78 is 24.3. The van der Waals surface area contributed by atoms with E-state index in [2.05, 4.69) is 0 Å². The first-order chi connectivity index (χ1) is 15.0. The molecule has 0 unspecified atom stereocenters. The molecule has 3 aromatic rings. The minimum atomic E-state index is -0.891. The van der Waals surface area contributed by atoms with Crippen LogP contribution < -0.4 is 4.74 Å². The minimum Gasteiger partial charge on any atom is -0.507 e. The average molecular weight is 421 g/mol.